The summed E-state index contributed by atoms with van der Waals surface area (Å²) in [6.45, 7) is 9.65. The van der Waals surface area contributed by atoms with Gasteiger partial charge in [-0.25, -0.2) is 4.98 Å². The van der Waals surface area contributed by atoms with Crippen molar-refractivity contribution in [1.82, 2.24) is 24.7 Å². The molecule has 0 amide bonds. The molecule has 0 aliphatic carbocycles. The maximum atomic E-state index is 12.8. The number of aromatic amines is 1. The van der Waals surface area contributed by atoms with Crippen LogP contribution in [0.4, 0.5) is 5.95 Å². The van der Waals surface area contributed by atoms with Crippen LogP contribution in [0.15, 0.2) is 40.3 Å². The number of hydrogen-bond donors (Lipinski definition) is 1. The molecule has 0 bridgehead atoms. The third kappa shape index (κ3) is 4.42. The summed E-state index contributed by atoms with van der Waals surface area (Å²) in [6, 6.07) is 10.3. The van der Waals surface area contributed by atoms with E-state index in [-0.39, 0.29) is 10.8 Å². The third-order valence-electron chi connectivity index (χ3n) is 5.90. The molecule has 3 aromatic heterocycles. The van der Waals surface area contributed by atoms with Crippen molar-refractivity contribution in [2.75, 3.05) is 31.2 Å². The fourth-order valence-corrected chi connectivity index (χ4v) is 5.89. The minimum atomic E-state index is -0.0962. The average Bonchev–Trinajstić information content (AvgIpc) is 3.35. The third-order valence-corrected chi connectivity index (χ3v) is 8.09. The largest absolute Gasteiger partial charge is 0.378 e. The maximum absolute atomic E-state index is 12.8. The lowest BCUT2D eigenvalue weighted by Crippen LogP contribution is -2.38. The summed E-state index contributed by atoms with van der Waals surface area (Å²) < 4.78 is 7.67. The van der Waals surface area contributed by atoms with E-state index in [1.54, 1.807) is 23.1 Å². The zero-order chi connectivity index (χ0) is 22.9. The van der Waals surface area contributed by atoms with Gasteiger partial charge >= 0.3 is 0 Å². The van der Waals surface area contributed by atoms with Crippen LogP contribution in [0.3, 0.4) is 0 Å². The minimum absolute atomic E-state index is 0.0796. The van der Waals surface area contributed by atoms with Crippen LogP contribution in [0, 0.1) is 13.8 Å². The normalized spacial score (nSPS) is 15.3. The Morgan fingerprint density at radius 3 is 2.70 bits per heavy atom. The molecule has 4 aromatic rings. The molecule has 0 unspecified atom stereocenters. The van der Waals surface area contributed by atoms with Gasteiger partial charge in [0, 0.05) is 18.0 Å². The molecule has 0 spiro atoms. The quantitative estimate of drug-likeness (QED) is 0.417. The lowest BCUT2D eigenvalue weighted by Gasteiger charge is -2.28. The lowest BCUT2D eigenvalue weighted by atomic mass is 10.2. The predicted octanol–water partition coefficient (Wildman–Crippen LogP) is 3.93. The molecule has 1 fully saturated rings. The average molecular weight is 483 g/mol. The van der Waals surface area contributed by atoms with Gasteiger partial charge in [0.1, 0.15) is 10.7 Å². The first kappa shape index (κ1) is 22.1. The molecular weight excluding hydrogens is 456 g/mol. The Kier molecular flexibility index (Phi) is 6.22. The Balaban J connectivity index is 1.48. The zero-order valence-corrected chi connectivity index (χ0v) is 20.5. The number of rotatable bonds is 6. The monoisotopic (exact) mass is 482 g/mol. The highest BCUT2D eigenvalue weighted by molar-refractivity contribution is 7.99. The minimum Gasteiger partial charge on any atom is -0.378 e. The number of fused-ring (bicyclic) bond motifs is 1. The van der Waals surface area contributed by atoms with Gasteiger partial charge in [-0.05, 0) is 31.9 Å². The van der Waals surface area contributed by atoms with Crippen molar-refractivity contribution in [3.05, 3.63) is 62.5 Å². The van der Waals surface area contributed by atoms with Gasteiger partial charge in [-0.3, -0.25) is 9.36 Å². The highest BCUT2D eigenvalue weighted by Gasteiger charge is 2.24. The molecule has 1 N–H and O–H groups in total. The van der Waals surface area contributed by atoms with Crippen LogP contribution < -0.4 is 10.5 Å². The highest BCUT2D eigenvalue weighted by atomic mass is 32.2. The van der Waals surface area contributed by atoms with Crippen molar-refractivity contribution in [2.45, 2.75) is 37.7 Å². The van der Waals surface area contributed by atoms with Gasteiger partial charge in [0.05, 0.1) is 30.4 Å². The Bertz CT molecular complexity index is 1320. The van der Waals surface area contributed by atoms with Crippen molar-refractivity contribution in [3.8, 4) is 0 Å². The summed E-state index contributed by atoms with van der Waals surface area (Å²) in [6.07, 6.45) is 0. The highest BCUT2D eigenvalue weighted by Crippen LogP contribution is 2.35. The van der Waals surface area contributed by atoms with E-state index < -0.39 is 0 Å². The molecule has 33 heavy (non-hydrogen) atoms. The molecule has 8 nitrogen and oxygen atoms in total. The zero-order valence-electron chi connectivity index (χ0n) is 18.9. The van der Waals surface area contributed by atoms with E-state index in [0.717, 1.165) is 39.5 Å². The van der Waals surface area contributed by atoms with Crippen LogP contribution >= 0.6 is 23.1 Å². The summed E-state index contributed by atoms with van der Waals surface area (Å²) in [5, 5.41) is 10.5. The van der Waals surface area contributed by atoms with E-state index in [0.29, 0.717) is 31.0 Å². The fourth-order valence-electron chi connectivity index (χ4n) is 3.95. The summed E-state index contributed by atoms with van der Waals surface area (Å²) >= 11 is 3.13. The van der Waals surface area contributed by atoms with Crippen molar-refractivity contribution in [1.29, 1.82) is 0 Å². The SMILES string of the molecule is Cc1sc2nc([C@@H](C)Sc3nnc(N4CCOCC4)n3Cc3ccccc3)[nH]c(=O)c2c1C. The lowest BCUT2D eigenvalue weighted by molar-refractivity contribution is 0.121. The number of thioether (sulfide) groups is 1. The maximum Gasteiger partial charge on any atom is 0.259 e. The molecule has 5 rings (SSSR count). The van der Waals surface area contributed by atoms with Crippen LogP contribution in [0.5, 0.6) is 0 Å². The van der Waals surface area contributed by atoms with Gasteiger partial charge in [-0.15, -0.1) is 21.5 Å². The smallest absolute Gasteiger partial charge is 0.259 e. The molecule has 10 heteroatoms. The van der Waals surface area contributed by atoms with Gasteiger partial charge in [-0.2, -0.15) is 0 Å². The number of H-pyrrole nitrogens is 1. The number of aryl methyl sites for hydroxylation is 2. The number of morpholine rings is 1. The van der Waals surface area contributed by atoms with E-state index in [2.05, 4.69) is 36.8 Å². The number of nitrogens with zero attached hydrogens (tertiary/aromatic N) is 5. The number of hydrogen-bond acceptors (Lipinski definition) is 8. The molecule has 1 saturated heterocycles. The number of thiophene rings is 1. The van der Waals surface area contributed by atoms with Crippen LogP contribution in [-0.2, 0) is 11.3 Å². The molecule has 1 atom stereocenters. The fraction of sp³-hybridized carbons (Fsp3) is 0.391. The molecule has 172 valence electrons. The summed E-state index contributed by atoms with van der Waals surface area (Å²) in [5.41, 5.74) is 2.11. The first-order valence-electron chi connectivity index (χ1n) is 11.0. The molecule has 1 aliphatic heterocycles. The van der Waals surface area contributed by atoms with Crippen LogP contribution in [0.2, 0.25) is 0 Å². The molecule has 0 radical (unpaired) electrons. The van der Waals surface area contributed by atoms with Gasteiger partial charge in [0.15, 0.2) is 5.16 Å². The second kappa shape index (κ2) is 9.28. The van der Waals surface area contributed by atoms with E-state index in [1.165, 1.54) is 5.56 Å². The van der Waals surface area contributed by atoms with Gasteiger partial charge in [-0.1, -0.05) is 42.1 Å². The second-order valence-corrected chi connectivity index (χ2v) is 10.6. The van der Waals surface area contributed by atoms with E-state index in [4.69, 9.17) is 9.72 Å². The predicted molar refractivity (Wildman–Crippen MR) is 133 cm³/mol. The van der Waals surface area contributed by atoms with Gasteiger partial charge in [0.2, 0.25) is 5.95 Å². The summed E-state index contributed by atoms with van der Waals surface area (Å²) in [4.78, 5) is 24.7. The van der Waals surface area contributed by atoms with Crippen molar-refractivity contribution < 1.29 is 4.74 Å². The van der Waals surface area contributed by atoms with Gasteiger partial charge < -0.3 is 14.6 Å². The van der Waals surface area contributed by atoms with E-state index in [9.17, 15) is 4.79 Å². The van der Waals surface area contributed by atoms with E-state index >= 15 is 0 Å². The van der Waals surface area contributed by atoms with Crippen molar-refractivity contribution >= 4 is 39.3 Å². The number of ether oxygens (including phenoxy) is 1. The van der Waals surface area contributed by atoms with E-state index in [1.807, 2.05) is 39.0 Å². The molecule has 4 heterocycles. The van der Waals surface area contributed by atoms with Crippen LogP contribution in [0.1, 0.15) is 34.0 Å². The first-order valence-corrected chi connectivity index (χ1v) is 12.7. The topological polar surface area (TPSA) is 88.9 Å². The number of benzene rings is 1. The number of aromatic nitrogens is 5. The Morgan fingerprint density at radius 2 is 1.94 bits per heavy atom. The Labute approximate surface area is 200 Å². The molecule has 0 saturated carbocycles. The molecular formula is C23H26N6O2S2. The van der Waals surface area contributed by atoms with Gasteiger partial charge in [0.25, 0.3) is 5.56 Å². The molecule has 1 aromatic carbocycles. The number of nitrogens with one attached hydrogen (secondary N) is 1. The summed E-state index contributed by atoms with van der Waals surface area (Å²) in [7, 11) is 0. The van der Waals surface area contributed by atoms with Crippen molar-refractivity contribution in [2.24, 2.45) is 0 Å². The Hall–Kier alpha value is -2.69. The second-order valence-electron chi connectivity index (χ2n) is 8.13. The molecule has 1 aliphatic rings. The summed E-state index contributed by atoms with van der Waals surface area (Å²) in [5.74, 6) is 1.50. The first-order chi connectivity index (χ1) is 16.0. The van der Waals surface area contributed by atoms with Crippen LogP contribution in [0.25, 0.3) is 10.2 Å². The standard InChI is InChI=1S/C23H26N6O2S2/c1-14-15(2)32-21-18(14)20(30)24-19(25-21)16(3)33-23-27-26-22(28-9-11-31-12-10-28)29(23)13-17-7-5-4-6-8-17/h4-8,16H,9-13H2,1-3H3,(H,24,25,30)/t16-/m1/s1. The van der Waals surface area contributed by atoms with Crippen molar-refractivity contribution in [3.63, 3.8) is 0 Å². The van der Waals surface area contributed by atoms with Crippen LogP contribution in [-0.4, -0.2) is 51.0 Å². The number of anilines is 1. The Morgan fingerprint density at radius 1 is 1.18 bits per heavy atom.